The van der Waals surface area contributed by atoms with Gasteiger partial charge in [-0.1, -0.05) is 39.0 Å². The number of fused-ring (bicyclic) bond motifs is 2. The van der Waals surface area contributed by atoms with Crippen LogP contribution in [0.1, 0.15) is 54.0 Å². The van der Waals surface area contributed by atoms with Crippen LogP contribution in [0.15, 0.2) is 30.3 Å². The van der Waals surface area contributed by atoms with Gasteiger partial charge in [0.25, 0.3) is 0 Å². The van der Waals surface area contributed by atoms with Crippen LogP contribution in [0.3, 0.4) is 0 Å². The molecule has 200 valence electrons. The third-order valence-electron chi connectivity index (χ3n) is 7.51. The topological polar surface area (TPSA) is 68.3 Å². The summed E-state index contributed by atoms with van der Waals surface area (Å²) in [6, 6.07) is 7.83. The Kier molecular flexibility index (Phi) is 8.01. The monoisotopic (exact) mass is 516 g/mol. The first kappa shape index (κ1) is 28.3. The minimum absolute atomic E-state index is 0.0277. The van der Waals surface area contributed by atoms with E-state index in [1.807, 2.05) is 59.0 Å². The van der Waals surface area contributed by atoms with Gasteiger partial charge in [-0.2, -0.15) is 0 Å². The predicted molar refractivity (Wildman–Crippen MR) is 146 cm³/mol. The molecule has 0 aromatic heterocycles. The standard InChI is InChI=1S/C28H44N2O5Si/c1-11-33-25(31)24-22(19-12-14-21(15-13-19)35-36(9,10)28(5,6)7)16-20-17-30(18-23(24)29(20)8)26(32)34-27(2,3)4/h12-16,20,23-24H,11,17-18H2,1-10H3. The Morgan fingerprint density at radius 3 is 2.17 bits per heavy atom. The minimum Gasteiger partial charge on any atom is -0.544 e. The Morgan fingerprint density at radius 2 is 1.64 bits per heavy atom. The van der Waals surface area contributed by atoms with Gasteiger partial charge in [0.05, 0.1) is 12.5 Å². The van der Waals surface area contributed by atoms with Crippen molar-refractivity contribution in [1.29, 1.82) is 0 Å². The molecule has 1 amide bonds. The first-order valence-electron chi connectivity index (χ1n) is 12.9. The number of carbonyl (C=O) groups excluding carboxylic acids is 2. The Labute approximate surface area is 217 Å². The lowest BCUT2D eigenvalue weighted by Gasteiger charge is -2.50. The number of hydrogen-bond donors (Lipinski definition) is 0. The van der Waals surface area contributed by atoms with Crippen molar-refractivity contribution in [2.24, 2.45) is 5.92 Å². The lowest BCUT2D eigenvalue weighted by molar-refractivity contribution is -0.149. The molecule has 7 nitrogen and oxygen atoms in total. The van der Waals surface area contributed by atoms with E-state index in [1.54, 1.807) is 4.90 Å². The molecule has 0 N–H and O–H groups in total. The summed E-state index contributed by atoms with van der Waals surface area (Å²) in [5, 5.41) is 0.106. The van der Waals surface area contributed by atoms with Crippen LogP contribution in [0.2, 0.25) is 18.1 Å². The zero-order valence-electron chi connectivity index (χ0n) is 23.7. The summed E-state index contributed by atoms with van der Waals surface area (Å²) in [6.07, 6.45) is 1.76. The molecule has 1 fully saturated rings. The molecule has 3 unspecified atom stereocenters. The van der Waals surface area contributed by atoms with Crippen molar-refractivity contribution >= 4 is 26.0 Å². The Morgan fingerprint density at radius 1 is 1.03 bits per heavy atom. The number of piperazine rings is 1. The number of hydrogen-bond acceptors (Lipinski definition) is 6. The Bertz CT molecular complexity index is 991. The molecule has 0 spiro atoms. The van der Waals surface area contributed by atoms with Crippen LogP contribution in [-0.4, -0.2) is 74.6 Å². The van der Waals surface area contributed by atoms with Crippen LogP contribution in [0.5, 0.6) is 5.75 Å². The fourth-order valence-corrected chi connectivity index (χ4v) is 5.52. The second-order valence-corrected chi connectivity index (χ2v) is 17.1. The number of carbonyl (C=O) groups is 2. The largest absolute Gasteiger partial charge is 0.544 e. The van der Waals surface area contributed by atoms with Gasteiger partial charge in [0.1, 0.15) is 11.4 Å². The summed E-state index contributed by atoms with van der Waals surface area (Å²) in [5.74, 6) is 0.0677. The molecular formula is C28H44N2O5Si. The molecule has 2 heterocycles. The van der Waals surface area contributed by atoms with Crippen molar-refractivity contribution in [1.82, 2.24) is 9.80 Å². The van der Waals surface area contributed by atoms with Gasteiger partial charge in [0, 0.05) is 25.2 Å². The van der Waals surface area contributed by atoms with Crippen molar-refractivity contribution in [3.05, 3.63) is 35.9 Å². The number of rotatable bonds is 5. The number of nitrogens with zero attached hydrogens (tertiary/aromatic N) is 2. The van der Waals surface area contributed by atoms with Gasteiger partial charge in [-0.15, -0.1) is 0 Å². The van der Waals surface area contributed by atoms with Crippen LogP contribution in [-0.2, 0) is 14.3 Å². The van der Waals surface area contributed by atoms with E-state index in [4.69, 9.17) is 13.9 Å². The molecule has 2 aliphatic rings. The second kappa shape index (κ2) is 10.2. The zero-order chi connectivity index (χ0) is 27.1. The number of esters is 1. The second-order valence-electron chi connectivity index (χ2n) is 12.4. The third kappa shape index (κ3) is 6.14. The fourth-order valence-electron chi connectivity index (χ4n) is 4.49. The van der Waals surface area contributed by atoms with Gasteiger partial charge < -0.3 is 18.8 Å². The molecule has 0 saturated carbocycles. The highest BCUT2D eigenvalue weighted by molar-refractivity contribution is 6.74. The van der Waals surface area contributed by atoms with Crippen molar-refractivity contribution in [2.45, 2.75) is 84.3 Å². The average molecular weight is 517 g/mol. The summed E-state index contributed by atoms with van der Waals surface area (Å²) < 4.78 is 17.6. The molecule has 1 saturated heterocycles. The summed E-state index contributed by atoms with van der Waals surface area (Å²) in [5.41, 5.74) is 1.35. The van der Waals surface area contributed by atoms with E-state index in [1.165, 1.54) is 0 Å². The highest BCUT2D eigenvalue weighted by Crippen LogP contribution is 2.40. The summed E-state index contributed by atoms with van der Waals surface area (Å²) in [7, 11) is 0.0584. The van der Waals surface area contributed by atoms with Gasteiger partial charge in [-0.05, 0) is 76.1 Å². The van der Waals surface area contributed by atoms with Crippen molar-refractivity contribution in [3.63, 3.8) is 0 Å². The van der Waals surface area contributed by atoms with Crippen LogP contribution < -0.4 is 4.43 Å². The maximum Gasteiger partial charge on any atom is 0.410 e. The minimum atomic E-state index is -1.95. The van der Waals surface area contributed by atoms with Gasteiger partial charge in [0.2, 0.25) is 8.32 Å². The van der Waals surface area contributed by atoms with Gasteiger partial charge in [-0.25, -0.2) is 4.79 Å². The molecule has 3 rings (SSSR count). The van der Waals surface area contributed by atoms with E-state index < -0.39 is 19.8 Å². The normalized spacial score (nSPS) is 23.1. The maximum absolute atomic E-state index is 13.3. The molecule has 8 heteroatoms. The van der Waals surface area contributed by atoms with E-state index in [9.17, 15) is 9.59 Å². The molecule has 0 radical (unpaired) electrons. The highest BCUT2D eigenvalue weighted by atomic mass is 28.4. The first-order chi connectivity index (χ1) is 16.5. The molecule has 0 aliphatic carbocycles. The molecule has 1 aromatic rings. The van der Waals surface area contributed by atoms with Crippen LogP contribution in [0.25, 0.3) is 5.57 Å². The fraction of sp³-hybridized carbons (Fsp3) is 0.643. The van der Waals surface area contributed by atoms with Crippen LogP contribution >= 0.6 is 0 Å². The third-order valence-corrected chi connectivity index (χ3v) is 11.9. The molecule has 2 aliphatic heterocycles. The van der Waals surface area contributed by atoms with Gasteiger partial charge in [0.15, 0.2) is 0 Å². The van der Waals surface area contributed by atoms with Gasteiger partial charge >= 0.3 is 12.1 Å². The quantitative estimate of drug-likeness (QED) is 0.377. The van der Waals surface area contributed by atoms with Crippen molar-refractivity contribution in [2.75, 3.05) is 26.7 Å². The number of likely N-dealkylation sites (N-methyl/N-ethyl adjacent to an activating group) is 1. The molecule has 2 bridgehead atoms. The van der Waals surface area contributed by atoms with E-state index in [0.717, 1.165) is 16.9 Å². The van der Waals surface area contributed by atoms with Crippen LogP contribution in [0.4, 0.5) is 4.79 Å². The van der Waals surface area contributed by atoms with Crippen molar-refractivity contribution < 1.29 is 23.5 Å². The molecule has 36 heavy (non-hydrogen) atoms. The Balaban J connectivity index is 1.93. The van der Waals surface area contributed by atoms with Gasteiger partial charge in [-0.3, -0.25) is 9.69 Å². The summed E-state index contributed by atoms with van der Waals surface area (Å²) >= 11 is 0. The summed E-state index contributed by atoms with van der Waals surface area (Å²) in [6.45, 7) is 19.7. The summed E-state index contributed by atoms with van der Waals surface area (Å²) in [4.78, 5) is 30.0. The SMILES string of the molecule is CCOC(=O)C1C(c2ccc(O[Si](C)(C)C(C)(C)C)cc2)=CC2CN(C(=O)OC(C)(C)C)CC1N2C. The first-order valence-corrected chi connectivity index (χ1v) is 15.8. The predicted octanol–water partition coefficient (Wildman–Crippen LogP) is 5.57. The average Bonchev–Trinajstić information content (AvgIpc) is 2.72. The van der Waals surface area contributed by atoms with E-state index in [-0.39, 0.29) is 29.2 Å². The smallest absolute Gasteiger partial charge is 0.410 e. The molecule has 3 atom stereocenters. The van der Waals surface area contributed by atoms with E-state index >= 15 is 0 Å². The Hall–Kier alpha value is -2.32. The highest BCUT2D eigenvalue weighted by Gasteiger charge is 2.47. The number of benzene rings is 1. The molecule has 1 aromatic carbocycles. The lowest BCUT2D eigenvalue weighted by Crippen LogP contribution is -2.63. The maximum atomic E-state index is 13.3. The number of amides is 1. The molecular weight excluding hydrogens is 472 g/mol. The van der Waals surface area contributed by atoms with E-state index in [2.05, 4.69) is 44.8 Å². The number of ether oxygens (including phenoxy) is 2. The van der Waals surface area contributed by atoms with E-state index in [0.29, 0.717) is 19.7 Å². The lowest BCUT2D eigenvalue weighted by atomic mass is 9.79. The zero-order valence-corrected chi connectivity index (χ0v) is 24.7. The van der Waals surface area contributed by atoms with Crippen LogP contribution in [0, 0.1) is 5.92 Å². The van der Waals surface area contributed by atoms with Crippen molar-refractivity contribution in [3.8, 4) is 5.75 Å².